The predicted molar refractivity (Wildman–Crippen MR) is 90.7 cm³/mol. The fourth-order valence-electron chi connectivity index (χ4n) is 1.71. The quantitative estimate of drug-likeness (QED) is 0.767. The molecule has 4 nitrogen and oxygen atoms in total. The third kappa shape index (κ3) is 4.58. The largest absolute Gasteiger partial charge is 0.480 e. The molecule has 2 rings (SSSR count). The molecule has 0 radical (unpaired) electrons. The number of carboxylic acid groups (broad SMARTS) is 1. The molecule has 0 fully saturated rings. The van der Waals surface area contributed by atoms with E-state index < -0.39 is 12.6 Å². The molecule has 0 saturated heterocycles. The van der Waals surface area contributed by atoms with Crippen LogP contribution in [0, 0.1) is 6.92 Å². The van der Waals surface area contributed by atoms with Gasteiger partial charge in [0.25, 0.3) is 0 Å². The van der Waals surface area contributed by atoms with Crippen LogP contribution in [0.15, 0.2) is 45.9 Å². The van der Waals surface area contributed by atoms with Gasteiger partial charge in [0.2, 0.25) is 0 Å². The molecule has 0 bridgehead atoms. The van der Waals surface area contributed by atoms with Crippen LogP contribution in [0.25, 0.3) is 0 Å². The molecule has 0 aromatic heterocycles. The first-order valence-electron chi connectivity index (χ1n) is 6.40. The Morgan fingerprint density at radius 1 is 1.36 bits per heavy atom. The molecule has 6 heteroatoms. The second-order valence-electron chi connectivity index (χ2n) is 4.56. The van der Waals surface area contributed by atoms with E-state index >= 15 is 0 Å². The minimum atomic E-state index is -1.05. The summed E-state index contributed by atoms with van der Waals surface area (Å²) in [6.45, 7) is 1.57. The van der Waals surface area contributed by atoms with Gasteiger partial charge in [-0.05, 0) is 54.4 Å². The summed E-state index contributed by atoms with van der Waals surface area (Å²) < 4.78 is 6.10. The standard InChI is InChI=1S/C16H13BrClNO3/c1-10-6-12(3-4-13(10)17)19-8-11-2-5-15(14(18)7-11)22-9-16(20)21/h2-8H,9H2,1H3,(H,20,21). The lowest BCUT2D eigenvalue weighted by Gasteiger charge is -2.06. The SMILES string of the molecule is Cc1cc(N=Cc2ccc(OCC(=O)O)c(Cl)c2)ccc1Br. The molecule has 0 unspecified atom stereocenters. The monoisotopic (exact) mass is 381 g/mol. The number of benzene rings is 2. The van der Waals surface area contributed by atoms with E-state index in [0.29, 0.717) is 10.8 Å². The number of nitrogens with zero attached hydrogens (tertiary/aromatic N) is 1. The van der Waals surface area contributed by atoms with Gasteiger partial charge in [0.1, 0.15) is 5.75 Å². The lowest BCUT2D eigenvalue weighted by molar-refractivity contribution is -0.139. The number of hydrogen-bond donors (Lipinski definition) is 1. The number of aliphatic imine (C=N–C) groups is 1. The number of aliphatic carboxylic acids is 1. The zero-order chi connectivity index (χ0) is 16.1. The van der Waals surface area contributed by atoms with Crippen LogP contribution >= 0.6 is 27.5 Å². The smallest absolute Gasteiger partial charge is 0.341 e. The first-order chi connectivity index (χ1) is 10.5. The van der Waals surface area contributed by atoms with Crippen molar-refractivity contribution < 1.29 is 14.6 Å². The summed E-state index contributed by atoms with van der Waals surface area (Å²) in [5.74, 6) is -0.715. The lowest BCUT2D eigenvalue weighted by Crippen LogP contribution is -2.09. The molecule has 2 aromatic carbocycles. The second-order valence-corrected chi connectivity index (χ2v) is 5.83. The van der Waals surface area contributed by atoms with Crippen molar-refractivity contribution in [1.29, 1.82) is 0 Å². The van der Waals surface area contributed by atoms with Crippen LogP contribution in [0.1, 0.15) is 11.1 Å². The van der Waals surface area contributed by atoms with Gasteiger partial charge in [0.05, 0.1) is 10.7 Å². The van der Waals surface area contributed by atoms with E-state index in [9.17, 15) is 4.79 Å². The Hall–Kier alpha value is -1.85. The fourth-order valence-corrected chi connectivity index (χ4v) is 2.20. The Kier molecular flexibility index (Phi) is 5.57. The summed E-state index contributed by atoms with van der Waals surface area (Å²) in [4.78, 5) is 14.9. The highest BCUT2D eigenvalue weighted by Crippen LogP contribution is 2.26. The average Bonchev–Trinajstić information content (AvgIpc) is 2.47. The number of carboxylic acids is 1. The molecule has 0 atom stereocenters. The van der Waals surface area contributed by atoms with E-state index in [4.69, 9.17) is 21.4 Å². The van der Waals surface area contributed by atoms with Crippen LogP contribution in [-0.2, 0) is 4.79 Å². The first-order valence-corrected chi connectivity index (χ1v) is 7.57. The summed E-state index contributed by atoms with van der Waals surface area (Å²) in [5.41, 5.74) is 2.74. The molecule has 0 aliphatic carbocycles. The number of halogens is 2. The van der Waals surface area contributed by atoms with Gasteiger partial charge in [-0.2, -0.15) is 0 Å². The number of hydrogen-bond acceptors (Lipinski definition) is 3. The van der Waals surface area contributed by atoms with Crippen molar-refractivity contribution in [2.24, 2.45) is 4.99 Å². The van der Waals surface area contributed by atoms with Gasteiger partial charge >= 0.3 is 5.97 Å². The Bertz CT molecular complexity index is 731. The average molecular weight is 383 g/mol. The number of aryl methyl sites for hydroxylation is 1. The minimum Gasteiger partial charge on any atom is -0.480 e. The van der Waals surface area contributed by atoms with E-state index in [1.54, 1.807) is 24.4 Å². The van der Waals surface area contributed by atoms with Gasteiger partial charge in [-0.25, -0.2) is 4.79 Å². The molecule has 22 heavy (non-hydrogen) atoms. The zero-order valence-electron chi connectivity index (χ0n) is 11.7. The Morgan fingerprint density at radius 2 is 2.14 bits per heavy atom. The molecular weight excluding hydrogens is 370 g/mol. The van der Waals surface area contributed by atoms with Gasteiger partial charge in [-0.1, -0.05) is 27.5 Å². The normalized spacial score (nSPS) is 10.9. The van der Waals surface area contributed by atoms with Gasteiger partial charge in [-0.3, -0.25) is 4.99 Å². The van der Waals surface area contributed by atoms with Crippen molar-refractivity contribution in [2.75, 3.05) is 6.61 Å². The highest BCUT2D eigenvalue weighted by atomic mass is 79.9. The maximum Gasteiger partial charge on any atom is 0.341 e. The maximum absolute atomic E-state index is 10.5. The predicted octanol–water partition coefficient (Wildman–Crippen LogP) is 4.62. The van der Waals surface area contributed by atoms with Crippen molar-refractivity contribution in [2.45, 2.75) is 6.92 Å². The van der Waals surface area contributed by atoms with Crippen LogP contribution in [0.3, 0.4) is 0 Å². The third-order valence-electron chi connectivity index (χ3n) is 2.81. The molecule has 0 spiro atoms. The molecule has 114 valence electrons. The number of rotatable bonds is 5. The Morgan fingerprint density at radius 3 is 2.77 bits per heavy atom. The Balaban J connectivity index is 2.12. The lowest BCUT2D eigenvalue weighted by atomic mass is 10.2. The van der Waals surface area contributed by atoms with Crippen LogP contribution in [0.2, 0.25) is 5.02 Å². The van der Waals surface area contributed by atoms with Crippen LogP contribution < -0.4 is 4.74 Å². The third-order valence-corrected chi connectivity index (χ3v) is 4.00. The van der Waals surface area contributed by atoms with Crippen molar-refractivity contribution in [3.63, 3.8) is 0 Å². The highest BCUT2D eigenvalue weighted by molar-refractivity contribution is 9.10. The fraction of sp³-hybridized carbons (Fsp3) is 0.125. The van der Waals surface area contributed by atoms with Crippen LogP contribution in [0.5, 0.6) is 5.75 Å². The van der Waals surface area contributed by atoms with Crippen LogP contribution in [0.4, 0.5) is 5.69 Å². The molecule has 2 aromatic rings. The van der Waals surface area contributed by atoms with Gasteiger partial charge in [0, 0.05) is 10.7 Å². The zero-order valence-corrected chi connectivity index (χ0v) is 14.1. The summed E-state index contributed by atoms with van der Waals surface area (Å²) in [7, 11) is 0. The van der Waals surface area contributed by atoms with E-state index in [1.165, 1.54) is 0 Å². The van der Waals surface area contributed by atoms with Gasteiger partial charge < -0.3 is 9.84 Å². The summed E-state index contributed by atoms with van der Waals surface area (Å²) in [6, 6.07) is 10.9. The summed E-state index contributed by atoms with van der Waals surface area (Å²) in [6.07, 6.45) is 1.69. The molecule has 0 heterocycles. The van der Waals surface area contributed by atoms with Crippen molar-refractivity contribution >= 4 is 45.4 Å². The molecule has 1 N–H and O–H groups in total. The molecular formula is C16H13BrClNO3. The first kappa shape index (κ1) is 16.5. The maximum atomic E-state index is 10.5. The molecule has 0 aliphatic heterocycles. The Labute approximate surface area is 141 Å². The molecule has 0 amide bonds. The van der Waals surface area contributed by atoms with Gasteiger partial charge in [0.15, 0.2) is 6.61 Å². The van der Waals surface area contributed by atoms with E-state index in [1.807, 2.05) is 25.1 Å². The van der Waals surface area contributed by atoms with E-state index in [2.05, 4.69) is 20.9 Å². The van der Waals surface area contributed by atoms with Gasteiger partial charge in [-0.15, -0.1) is 0 Å². The molecule has 0 saturated carbocycles. The van der Waals surface area contributed by atoms with E-state index in [-0.39, 0.29) is 0 Å². The topological polar surface area (TPSA) is 58.9 Å². The van der Waals surface area contributed by atoms with Crippen molar-refractivity contribution in [3.8, 4) is 5.75 Å². The number of carbonyl (C=O) groups is 1. The molecule has 0 aliphatic rings. The highest BCUT2D eigenvalue weighted by Gasteiger charge is 2.05. The summed E-state index contributed by atoms with van der Waals surface area (Å²) in [5, 5.41) is 8.92. The number of ether oxygens (including phenoxy) is 1. The van der Waals surface area contributed by atoms with Crippen LogP contribution in [-0.4, -0.2) is 23.9 Å². The van der Waals surface area contributed by atoms with Crippen molar-refractivity contribution in [3.05, 3.63) is 57.0 Å². The summed E-state index contributed by atoms with van der Waals surface area (Å²) >= 11 is 9.50. The minimum absolute atomic E-state index is 0.334. The van der Waals surface area contributed by atoms with Crippen molar-refractivity contribution in [1.82, 2.24) is 0 Å². The second kappa shape index (κ2) is 7.42. The van der Waals surface area contributed by atoms with E-state index in [0.717, 1.165) is 21.3 Å².